The zero-order valence-electron chi connectivity index (χ0n) is 17.7. The van der Waals surface area contributed by atoms with E-state index in [9.17, 15) is 5.11 Å². The molecule has 2 saturated heterocycles. The Balaban J connectivity index is 1.74. The molecule has 1 spiro atoms. The number of hydrogen-bond donors (Lipinski definition) is 1. The van der Waals surface area contributed by atoms with Crippen molar-refractivity contribution in [1.29, 1.82) is 0 Å². The minimum atomic E-state index is -0.104. The topological polar surface area (TPSA) is 57.4 Å². The lowest BCUT2D eigenvalue weighted by Crippen LogP contribution is -2.38. The summed E-state index contributed by atoms with van der Waals surface area (Å²) in [6.07, 6.45) is 9.59. The smallest absolute Gasteiger partial charge is 0.122 e. The highest BCUT2D eigenvalue weighted by Crippen LogP contribution is 2.39. The molecular weight excluding hydrogens is 406 g/mol. The van der Waals surface area contributed by atoms with Gasteiger partial charge >= 0.3 is 0 Å². The molecule has 0 aromatic rings. The average Bonchev–Trinajstić information content (AvgIpc) is 3.19. The van der Waals surface area contributed by atoms with Crippen molar-refractivity contribution < 1.29 is 9.84 Å². The Kier molecular flexibility index (Phi) is 8.02. The lowest BCUT2D eigenvalue weighted by Gasteiger charge is -2.38. The molecule has 0 bridgehead atoms. The number of aliphatic hydroxyl groups is 1. The molecule has 0 unspecified atom stereocenters. The first-order valence-electron chi connectivity index (χ1n) is 10.4. The van der Waals surface area contributed by atoms with Gasteiger partial charge < -0.3 is 14.7 Å². The number of hydrogen-bond acceptors (Lipinski definition) is 6. The van der Waals surface area contributed by atoms with Gasteiger partial charge in [-0.05, 0) is 51.4 Å². The van der Waals surface area contributed by atoms with Crippen LogP contribution in [-0.4, -0.2) is 60.7 Å². The van der Waals surface area contributed by atoms with Gasteiger partial charge in [0.1, 0.15) is 5.04 Å². The minimum Gasteiger partial charge on any atom is -0.390 e. The summed E-state index contributed by atoms with van der Waals surface area (Å²) in [6.45, 7) is 7.66. The molecular formula is C22H32ClN3O2S. The molecule has 160 valence electrons. The average molecular weight is 438 g/mol. The third kappa shape index (κ3) is 5.75. The fourth-order valence-electron chi connectivity index (χ4n) is 3.91. The first-order valence-corrected chi connectivity index (χ1v) is 11.6. The number of aliphatic imine (C=N–C) groups is 2. The molecule has 0 aromatic carbocycles. The minimum absolute atomic E-state index is 0.104. The van der Waals surface area contributed by atoms with Crippen LogP contribution in [0, 0.1) is 5.41 Å². The fourth-order valence-corrected chi connectivity index (χ4v) is 5.27. The predicted molar refractivity (Wildman–Crippen MR) is 124 cm³/mol. The highest BCUT2D eigenvalue weighted by molar-refractivity contribution is 8.19. The number of thioether (sulfide) groups is 1. The summed E-state index contributed by atoms with van der Waals surface area (Å²) in [5.41, 5.74) is 3.07. The van der Waals surface area contributed by atoms with Crippen LogP contribution in [0.1, 0.15) is 46.0 Å². The molecule has 3 rings (SSSR count). The monoisotopic (exact) mass is 437 g/mol. The Hall–Kier alpha value is -1.08. The van der Waals surface area contributed by atoms with Crippen molar-refractivity contribution in [3.63, 3.8) is 0 Å². The van der Waals surface area contributed by atoms with E-state index in [2.05, 4.69) is 22.9 Å². The van der Waals surface area contributed by atoms with Crippen molar-refractivity contribution >= 4 is 34.1 Å². The molecule has 2 fully saturated rings. The number of halogens is 1. The SMILES string of the molecule is C\N=C(C)/C(=N\C(=C\N1CCC2(CCOC2)CC1)CO)SC1=CCCC(C)=C1Cl. The van der Waals surface area contributed by atoms with E-state index in [1.807, 2.05) is 13.1 Å². The van der Waals surface area contributed by atoms with Crippen LogP contribution in [-0.2, 0) is 4.74 Å². The highest BCUT2D eigenvalue weighted by atomic mass is 35.5. The third-order valence-electron chi connectivity index (χ3n) is 6.07. The van der Waals surface area contributed by atoms with E-state index < -0.39 is 0 Å². The normalized spacial score (nSPS) is 23.8. The lowest BCUT2D eigenvalue weighted by molar-refractivity contribution is 0.0987. The zero-order valence-corrected chi connectivity index (χ0v) is 19.3. The molecule has 5 nitrogen and oxygen atoms in total. The van der Waals surface area contributed by atoms with Crippen LogP contribution in [0.5, 0.6) is 0 Å². The summed E-state index contributed by atoms with van der Waals surface area (Å²) in [6, 6.07) is 0. The van der Waals surface area contributed by atoms with Crippen molar-refractivity contribution in [1.82, 2.24) is 4.90 Å². The maximum atomic E-state index is 9.94. The molecule has 0 aromatic heterocycles. The van der Waals surface area contributed by atoms with Crippen molar-refractivity contribution in [2.45, 2.75) is 46.0 Å². The zero-order chi connectivity index (χ0) is 20.9. The van der Waals surface area contributed by atoms with E-state index in [1.54, 1.807) is 7.05 Å². The quantitative estimate of drug-likeness (QED) is 0.498. The van der Waals surface area contributed by atoms with Gasteiger partial charge in [0.15, 0.2) is 0 Å². The van der Waals surface area contributed by atoms with Crippen LogP contribution in [0.2, 0.25) is 0 Å². The molecule has 1 N–H and O–H groups in total. The molecule has 0 atom stereocenters. The number of nitrogens with zero attached hydrogens (tertiary/aromatic N) is 3. The van der Waals surface area contributed by atoms with Crippen LogP contribution in [0.15, 0.2) is 43.5 Å². The van der Waals surface area contributed by atoms with Gasteiger partial charge in [-0.25, -0.2) is 4.99 Å². The van der Waals surface area contributed by atoms with E-state index in [-0.39, 0.29) is 6.61 Å². The van der Waals surface area contributed by atoms with Crippen LogP contribution in [0.25, 0.3) is 0 Å². The lowest BCUT2D eigenvalue weighted by atomic mass is 9.78. The fraction of sp³-hybridized carbons (Fsp3) is 0.636. The van der Waals surface area contributed by atoms with Crippen LogP contribution in [0.4, 0.5) is 0 Å². The summed E-state index contributed by atoms with van der Waals surface area (Å²) >= 11 is 8.06. The summed E-state index contributed by atoms with van der Waals surface area (Å²) in [7, 11) is 1.76. The molecule has 29 heavy (non-hydrogen) atoms. The Morgan fingerprint density at radius 2 is 2.14 bits per heavy atom. The second-order valence-electron chi connectivity index (χ2n) is 8.15. The van der Waals surface area contributed by atoms with Crippen LogP contribution in [0.3, 0.4) is 0 Å². The van der Waals surface area contributed by atoms with E-state index in [0.717, 1.165) is 72.7 Å². The summed E-state index contributed by atoms with van der Waals surface area (Å²) < 4.78 is 5.62. The Labute approximate surface area is 183 Å². The molecule has 2 aliphatic heterocycles. The molecule has 0 radical (unpaired) electrons. The van der Waals surface area contributed by atoms with Crippen LogP contribution >= 0.6 is 23.4 Å². The number of piperidine rings is 1. The summed E-state index contributed by atoms with van der Waals surface area (Å²) in [5, 5.41) is 11.5. The Morgan fingerprint density at radius 1 is 1.38 bits per heavy atom. The Morgan fingerprint density at radius 3 is 2.76 bits per heavy atom. The molecule has 2 heterocycles. The molecule has 7 heteroatoms. The van der Waals surface area contributed by atoms with Gasteiger partial charge in [0.25, 0.3) is 0 Å². The van der Waals surface area contributed by atoms with Crippen molar-refractivity contribution in [3.8, 4) is 0 Å². The number of allylic oxidation sites excluding steroid dienone is 3. The van der Waals surface area contributed by atoms with Gasteiger partial charge in [-0.15, -0.1) is 0 Å². The van der Waals surface area contributed by atoms with Crippen molar-refractivity contribution in [3.05, 3.63) is 33.5 Å². The van der Waals surface area contributed by atoms with Gasteiger partial charge in [0.05, 0.1) is 29.7 Å². The van der Waals surface area contributed by atoms with E-state index in [1.165, 1.54) is 23.8 Å². The third-order valence-corrected chi connectivity index (χ3v) is 7.88. The molecule has 3 aliphatic rings. The van der Waals surface area contributed by atoms with Gasteiger partial charge in [-0.1, -0.05) is 35.0 Å². The van der Waals surface area contributed by atoms with E-state index in [4.69, 9.17) is 21.3 Å². The van der Waals surface area contributed by atoms with E-state index >= 15 is 0 Å². The van der Waals surface area contributed by atoms with E-state index in [0.29, 0.717) is 11.1 Å². The van der Waals surface area contributed by atoms with Gasteiger partial charge in [-0.2, -0.15) is 0 Å². The summed E-state index contributed by atoms with van der Waals surface area (Å²) in [4.78, 5) is 12.4. The maximum absolute atomic E-state index is 9.94. The standard InChI is InChI=1S/C22H32ClN3O2S/c1-16-5-4-6-19(20(16)23)29-21(17(2)24-3)25-18(14-27)13-26-10-7-22(8-11-26)9-12-28-15-22/h6,13,27H,4-5,7-12,14-15H2,1-3H3/b18-13+,24-17-,25-21+. The highest BCUT2D eigenvalue weighted by Gasteiger charge is 2.37. The van der Waals surface area contributed by atoms with Gasteiger partial charge in [0, 0.05) is 37.8 Å². The molecule has 0 saturated carbocycles. The van der Waals surface area contributed by atoms with Crippen LogP contribution < -0.4 is 0 Å². The predicted octanol–water partition coefficient (Wildman–Crippen LogP) is 4.74. The largest absolute Gasteiger partial charge is 0.390 e. The second kappa shape index (κ2) is 10.3. The number of rotatable bonds is 5. The second-order valence-corrected chi connectivity index (χ2v) is 9.56. The van der Waals surface area contributed by atoms with Crippen molar-refractivity contribution in [2.24, 2.45) is 15.4 Å². The number of likely N-dealkylation sites (tertiary alicyclic amines) is 1. The van der Waals surface area contributed by atoms with Gasteiger partial charge in [-0.3, -0.25) is 4.99 Å². The first-order chi connectivity index (χ1) is 14.0. The molecule has 1 aliphatic carbocycles. The number of aliphatic hydroxyl groups excluding tert-OH is 1. The van der Waals surface area contributed by atoms with Crippen molar-refractivity contribution in [2.75, 3.05) is 40.0 Å². The number of ether oxygens (including phenoxy) is 1. The van der Waals surface area contributed by atoms with Gasteiger partial charge in [0.2, 0.25) is 0 Å². The Bertz CT molecular complexity index is 754. The maximum Gasteiger partial charge on any atom is 0.122 e. The molecule has 0 amide bonds. The first kappa shape index (κ1) is 22.6. The summed E-state index contributed by atoms with van der Waals surface area (Å²) in [5.74, 6) is 0.